The van der Waals surface area contributed by atoms with Crippen LogP contribution in [0.5, 0.6) is 0 Å². The normalized spacial score (nSPS) is 12.7. The number of para-hydroxylation sites is 1. The molecular formula is C12H19N3O2P4. The van der Waals surface area contributed by atoms with E-state index in [1.54, 1.807) is 4.44 Å². The number of rotatable bonds is 5. The van der Waals surface area contributed by atoms with Crippen LogP contribution >= 0.6 is 37.6 Å². The minimum absolute atomic E-state index is 0.298. The van der Waals surface area contributed by atoms with Crippen molar-refractivity contribution in [2.24, 2.45) is 0 Å². The number of aromatic nitrogens is 1. The summed E-state index contributed by atoms with van der Waals surface area (Å²) >= 11 is 0. The Kier molecular flexibility index (Phi) is 5.95. The van der Waals surface area contributed by atoms with Gasteiger partial charge in [0.2, 0.25) is 0 Å². The lowest BCUT2D eigenvalue weighted by molar-refractivity contribution is -0.136. The highest BCUT2D eigenvalue weighted by Crippen LogP contribution is 2.34. The fourth-order valence-corrected chi connectivity index (χ4v) is 3.51. The van der Waals surface area contributed by atoms with E-state index in [1.807, 2.05) is 33.0 Å². The molecule has 5 nitrogen and oxygen atoms in total. The molecule has 1 aromatic heterocycles. The number of benzene rings is 1. The minimum Gasteiger partial charge on any atom is -0.450 e. The molecule has 5 unspecified atom stereocenters. The Morgan fingerprint density at radius 3 is 2.67 bits per heavy atom. The van der Waals surface area contributed by atoms with Crippen LogP contribution in [0.4, 0.5) is 5.82 Å². The van der Waals surface area contributed by atoms with Gasteiger partial charge in [-0.05, 0) is 15.5 Å². The smallest absolute Gasteiger partial charge is 0.326 e. The second kappa shape index (κ2) is 7.32. The van der Waals surface area contributed by atoms with Crippen LogP contribution in [0.3, 0.4) is 0 Å². The number of nitrogens with one attached hydrogen (secondary N) is 1. The Labute approximate surface area is 133 Å². The van der Waals surface area contributed by atoms with Gasteiger partial charge in [-0.2, -0.15) is 0 Å². The monoisotopic (exact) mass is 361 g/mol. The van der Waals surface area contributed by atoms with Gasteiger partial charge in [0, 0.05) is 24.4 Å². The molecule has 0 fully saturated rings. The highest BCUT2D eigenvalue weighted by molar-refractivity contribution is 7.31. The maximum absolute atomic E-state index is 12.0. The average molecular weight is 361 g/mol. The molecule has 1 aromatic carbocycles. The molecule has 0 spiro atoms. The van der Waals surface area contributed by atoms with Crippen molar-refractivity contribution in [2.45, 2.75) is 12.5 Å². The van der Waals surface area contributed by atoms with Gasteiger partial charge in [0.25, 0.3) is 0 Å². The second-order valence-electron chi connectivity index (χ2n) is 4.57. The number of hydrogen-bond acceptors (Lipinski definition) is 4. The van der Waals surface area contributed by atoms with Crippen LogP contribution in [0.15, 0.2) is 24.3 Å². The largest absolute Gasteiger partial charge is 0.450 e. The molecule has 114 valence electrons. The Balaban J connectivity index is 2.52. The first-order chi connectivity index (χ1) is 10.0. The number of anilines is 1. The van der Waals surface area contributed by atoms with E-state index in [9.17, 15) is 4.79 Å². The summed E-state index contributed by atoms with van der Waals surface area (Å²) < 4.78 is 8.54. The van der Waals surface area contributed by atoms with E-state index < -0.39 is 6.04 Å². The van der Waals surface area contributed by atoms with Crippen molar-refractivity contribution in [3.8, 4) is 0 Å². The van der Waals surface area contributed by atoms with Gasteiger partial charge in [-0.3, -0.25) is 9.24 Å². The number of carbonyl (C=O) groups excluding carboxylic acids is 1. The summed E-state index contributed by atoms with van der Waals surface area (Å²) in [5.41, 5.74) is 2.18. The summed E-state index contributed by atoms with van der Waals surface area (Å²) in [6, 6.07) is 7.70. The molecule has 0 amide bonds. The minimum atomic E-state index is -0.402. The summed E-state index contributed by atoms with van der Waals surface area (Å²) in [4.78, 5) is 12.0. The number of nitrogens with zero attached hydrogens (tertiary/aromatic N) is 2. The van der Waals surface area contributed by atoms with Gasteiger partial charge in [-0.25, -0.2) is 0 Å². The number of fused-ring (bicyclic) bond motifs is 1. The topological polar surface area (TPSA) is 46.5 Å². The summed E-state index contributed by atoms with van der Waals surface area (Å²) in [5.74, 6) is 0.673. The molecular weight excluding hydrogens is 342 g/mol. The highest BCUT2D eigenvalue weighted by atomic mass is 31.1. The zero-order valence-electron chi connectivity index (χ0n) is 11.6. The average Bonchev–Trinajstić information content (AvgIpc) is 2.76. The first-order valence-electron chi connectivity index (χ1n) is 6.25. The lowest BCUT2D eigenvalue weighted by Crippen LogP contribution is -2.31. The van der Waals surface area contributed by atoms with Gasteiger partial charge in [-0.15, -0.1) is 0 Å². The third kappa shape index (κ3) is 3.39. The number of carbonyl (C=O) groups is 1. The standard InChI is InChI=1S/C12H19N3O2P4/c1-13-11-8(6-10(15(19)20)12(16)17-21)7-4-2-3-5-9(7)14(11)18/h2-5,10,13H,6,18-21H2,1H3. The number of hydrogen-bond donors (Lipinski definition) is 1. The van der Waals surface area contributed by atoms with Gasteiger partial charge in [0.15, 0.2) is 0 Å². The van der Waals surface area contributed by atoms with Crippen LogP contribution in [0.2, 0.25) is 0 Å². The molecule has 0 aliphatic carbocycles. The van der Waals surface area contributed by atoms with Crippen molar-refractivity contribution in [3.05, 3.63) is 29.8 Å². The summed E-state index contributed by atoms with van der Waals surface area (Å²) in [6.07, 6.45) is 0.540. The van der Waals surface area contributed by atoms with E-state index in [0.717, 1.165) is 22.3 Å². The molecule has 9 heteroatoms. The Morgan fingerprint density at radius 1 is 1.43 bits per heavy atom. The molecule has 0 aliphatic rings. The summed E-state index contributed by atoms with van der Waals surface area (Å²) in [7, 11) is 11.6. The lowest BCUT2D eigenvalue weighted by Gasteiger charge is -2.21. The van der Waals surface area contributed by atoms with Gasteiger partial charge in [0.05, 0.1) is 15.0 Å². The molecule has 0 radical (unpaired) electrons. The summed E-state index contributed by atoms with van der Waals surface area (Å²) in [5, 5.41) is 4.33. The van der Waals surface area contributed by atoms with Crippen molar-refractivity contribution in [2.75, 3.05) is 12.4 Å². The van der Waals surface area contributed by atoms with Crippen LogP contribution in [0.1, 0.15) is 5.56 Å². The van der Waals surface area contributed by atoms with Crippen molar-refractivity contribution in [3.63, 3.8) is 0 Å². The summed E-state index contributed by atoms with van der Waals surface area (Å²) in [6.45, 7) is 0. The predicted molar refractivity (Wildman–Crippen MR) is 101 cm³/mol. The van der Waals surface area contributed by atoms with E-state index in [4.69, 9.17) is 4.52 Å². The molecule has 2 rings (SSSR count). The molecule has 0 saturated heterocycles. The molecule has 2 aromatic rings. The highest BCUT2D eigenvalue weighted by Gasteiger charge is 2.26. The maximum atomic E-state index is 12.0. The third-order valence-electron chi connectivity index (χ3n) is 3.40. The van der Waals surface area contributed by atoms with Crippen LogP contribution in [0, 0.1) is 0 Å². The fourth-order valence-electron chi connectivity index (χ4n) is 2.39. The van der Waals surface area contributed by atoms with E-state index in [2.05, 4.69) is 45.6 Å². The van der Waals surface area contributed by atoms with Crippen LogP contribution < -0.4 is 5.32 Å². The van der Waals surface area contributed by atoms with Crippen LogP contribution in [-0.2, 0) is 15.7 Å². The van der Waals surface area contributed by atoms with Gasteiger partial charge < -0.3 is 14.2 Å². The Hall–Kier alpha value is -0.290. The SMILES string of the molecule is CNc1c(CC(C(=O)OP)N(P)P)c2ccccc2n1P. The maximum Gasteiger partial charge on any atom is 0.326 e. The van der Waals surface area contributed by atoms with Crippen LogP contribution in [-0.4, -0.2) is 27.8 Å². The van der Waals surface area contributed by atoms with Gasteiger partial charge >= 0.3 is 5.97 Å². The van der Waals surface area contributed by atoms with Crippen LogP contribution in [0.25, 0.3) is 10.9 Å². The van der Waals surface area contributed by atoms with E-state index in [0.29, 0.717) is 6.42 Å². The predicted octanol–water partition coefficient (Wildman–Crippen LogP) is 2.45. The van der Waals surface area contributed by atoms with Crippen molar-refractivity contribution >= 4 is 60.3 Å². The first-order valence-corrected chi connectivity index (χ1v) is 8.27. The molecule has 5 atom stereocenters. The fraction of sp³-hybridized carbons (Fsp3) is 0.250. The van der Waals surface area contributed by atoms with Crippen molar-refractivity contribution in [1.29, 1.82) is 0 Å². The Morgan fingerprint density at radius 2 is 2.10 bits per heavy atom. The molecule has 1 heterocycles. The molecule has 0 saturated carbocycles. The molecule has 0 bridgehead atoms. The quantitative estimate of drug-likeness (QED) is 0.832. The lowest BCUT2D eigenvalue weighted by atomic mass is 10.0. The van der Waals surface area contributed by atoms with Crippen molar-refractivity contribution < 1.29 is 9.32 Å². The van der Waals surface area contributed by atoms with E-state index in [-0.39, 0.29) is 5.97 Å². The molecule has 1 N–H and O–H groups in total. The zero-order valence-corrected chi connectivity index (χ0v) is 16.2. The first kappa shape index (κ1) is 17.1. The van der Waals surface area contributed by atoms with E-state index in [1.165, 1.54) is 0 Å². The molecule has 21 heavy (non-hydrogen) atoms. The Bertz CT molecular complexity index is 659. The van der Waals surface area contributed by atoms with E-state index >= 15 is 0 Å². The zero-order chi connectivity index (χ0) is 15.6. The van der Waals surface area contributed by atoms with Gasteiger partial charge in [-0.1, -0.05) is 37.0 Å². The molecule has 0 aliphatic heterocycles. The van der Waals surface area contributed by atoms with Gasteiger partial charge in [0.1, 0.15) is 11.9 Å². The second-order valence-corrected chi connectivity index (χ2v) is 7.11. The third-order valence-corrected chi connectivity index (χ3v) is 4.89. The van der Waals surface area contributed by atoms with Crippen molar-refractivity contribution in [1.82, 2.24) is 8.78 Å².